The number of carboxylic acid groups (broad SMARTS) is 1. The van der Waals surface area contributed by atoms with E-state index in [2.05, 4.69) is 91.6 Å². The van der Waals surface area contributed by atoms with Crippen molar-refractivity contribution in [3.63, 3.8) is 0 Å². The van der Waals surface area contributed by atoms with Crippen molar-refractivity contribution in [1.29, 1.82) is 0 Å². The molecule has 1 spiro atoms. The molecule has 0 amide bonds. The number of hydrogen-bond donors (Lipinski definition) is 1. The van der Waals surface area contributed by atoms with E-state index in [4.69, 9.17) is 9.84 Å². The van der Waals surface area contributed by atoms with Gasteiger partial charge in [0.25, 0.3) is 0 Å². The summed E-state index contributed by atoms with van der Waals surface area (Å²) in [7, 11) is 0. The fourth-order valence-corrected chi connectivity index (χ4v) is 7.67. The summed E-state index contributed by atoms with van der Waals surface area (Å²) in [4.78, 5) is 13.1. The van der Waals surface area contributed by atoms with Gasteiger partial charge < -0.3 is 14.7 Å². The molecule has 1 atom stereocenters. The van der Waals surface area contributed by atoms with E-state index in [0.717, 1.165) is 25.1 Å². The Morgan fingerprint density at radius 2 is 1.24 bits per heavy atom. The molecule has 242 valence electrons. The fraction of sp³-hybridized carbons (Fsp3) is 0.537. The predicted octanol–water partition coefficient (Wildman–Crippen LogP) is 11.5. The number of hydrogen-bond acceptors (Lipinski definition) is 3. The average molecular weight is 610 g/mol. The first-order valence-corrected chi connectivity index (χ1v) is 17.9. The first-order valence-electron chi connectivity index (χ1n) is 17.9. The van der Waals surface area contributed by atoms with E-state index in [1.165, 1.54) is 117 Å². The molecule has 0 saturated carbocycles. The summed E-state index contributed by atoms with van der Waals surface area (Å²) in [5.41, 5.74) is 3.15. The molecular weight excluding hydrogens is 554 g/mol. The third-order valence-corrected chi connectivity index (χ3v) is 10.4. The number of aliphatic carboxylic acids is 1. The lowest BCUT2D eigenvalue weighted by atomic mass is 9.76. The van der Waals surface area contributed by atoms with Crippen LogP contribution in [-0.2, 0) is 10.2 Å². The van der Waals surface area contributed by atoms with Crippen molar-refractivity contribution in [1.82, 2.24) is 0 Å². The van der Waals surface area contributed by atoms with Gasteiger partial charge in [-0.3, -0.25) is 4.79 Å². The topological polar surface area (TPSA) is 49.8 Å². The number of benzene rings is 3. The van der Waals surface area contributed by atoms with Gasteiger partial charge >= 0.3 is 5.97 Å². The molecule has 5 rings (SSSR count). The van der Waals surface area contributed by atoms with Crippen molar-refractivity contribution in [2.24, 2.45) is 0 Å². The molecular formula is C41H55NO3. The fourth-order valence-electron chi connectivity index (χ4n) is 7.67. The molecule has 0 fully saturated rings. The third kappa shape index (κ3) is 7.76. The maximum Gasteiger partial charge on any atom is 0.303 e. The lowest BCUT2D eigenvalue weighted by Crippen LogP contribution is -2.59. The largest absolute Gasteiger partial charge is 0.481 e. The summed E-state index contributed by atoms with van der Waals surface area (Å²) in [6, 6.07) is 21.9. The molecule has 4 heteroatoms. The summed E-state index contributed by atoms with van der Waals surface area (Å²) >= 11 is 0. The van der Waals surface area contributed by atoms with Gasteiger partial charge in [-0.1, -0.05) is 138 Å². The van der Waals surface area contributed by atoms with Crippen LogP contribution in [0.3, 0.4) is 0 Å². The Balaban J connectivity index is 1.02. The summed E-state index contributed by atoms with van der Waals surface area (Å²) in [5, 5.41) is 11.2. The zero-order valence-electron chi connectivity index (χ0n) is 27.9. The van der Waals surface area contributed by atoms with Gasteiger partial charge in [0.1, 0.15) is 5.75 Å². The number of carbonyl (C=O) groups is 1. The Hall–Kier alpha value is -3.27. The lowest BCUT2D eigenvalue weighted by molar-refractivity contribution is -0.137. The van der Waals surface area contributed by atoms with Crippen molar-refractivity contribution in [3.8, 4) is 5.75 Å². The second-order valence-electron chi connectivity index (χ2n) is 13.9. The van der Waals surface area contributed by atoms with Crippen molar-refractivity contribution in [3.05, 3.63) is 77.9 Å². The van der Waals surface area contributed by atoms with Crippen molar-refractivity contribution >= 4 is 28.5 Å². The molecule has 3 aromatic rings. The van der Waals surface area contributed by atoms with Gasteiger partial charge in [0, 0.05) is 24.2 Å². The molecule has 0 aromatic heterocycles. The van der Waals surface area contributed by atoms with Gasteiger partial charge in [0.2, 0.25) is 5.72 Å². The predicted molar refractivity (Wildman–Crippen MR) is 189 cm³/mol. The minimum Gasteiger partial charge on any atom is -0.481 e. The Morgan fingerprint density at radius 1 is 0.689 bits per heavy atom. The van der Waals surface area contributed by atoms with E-state index < -0.39 is 11.7 Å². The van der Waals surface area contributed by atoms with E-state index in [1.807, 2.05) is 0 Å². The first kappa shape index (κ1) is 33.1. The maximum atomic E-state index is 10.6. The number of fused-ring (bicyclic) bond motifs is 4. The quantitative estimate of drug-likeness (QED) is 0.137. The number of anilines is 1. The van der Waals surface area contributed by atoms with Crippen molar-refractivity contribution < 1.29 is 14.6 Å². The highest BCUT2D eigenvalue weighted by molar-refractivity contribution is 5.94. The average Bonchev–Trinajstić information content (AvgIpc) is 3.22. The molecule has 4 nitrogen and oxygen atoms in total. The van der Waals surface area contributed by atoms with Crippen LogP contribution in [0.4, 0.5) is 5.69 Å². The summed E-state index contributed by atoms with van der Waals surface area (Å²) in [6.45, 7) is 5.68. The minimum atomic E-state index is -0.662. The number of nitrogens with zero attached hydrogens (tertiary/aromatic N) is 1. The van der Waals surface area contributed by atoms with Gasteiger partial charge in [-0.15, -0.1) is 0 Å². The minimum absolute atomic E-state index is 0.188. The summed E-state index contributed by atoms with van der Waals surface area (Å²) < 4.78 is 7.11. The van der Waals surface area contributed by atoms with E-state index in [1.54, 1.807) is 0 Å². The molecule has 1 unspecified atom stereocenters. The van der Waals surface area contributed by atoms with Crippen LogP contribution in [0.1, 0.15) is 134 Å². The standard InChI is InChI=1S/C41H55NO3/c1-40(2)36-25-20-21-26-37(36)42(41(40)31-30-35-34-24-19-18-23-33(34)28-29-38(35)45-41)32-22-16-14-12-10-8-6-4-3-5-7-9-11-13-15-17-27-39(43)44/h18-21,23-26,28-31H,3-17,22,27,32H2,1-2H3,(H,43,44). The van der Waals surface area contributed by atoms with Crippen LogP contribution in [0.25, 0.3) is 16.8 Å². The zero-order chi connectivity index (χ0) is 31.5. The Bertz CT molecular complexity index is 1430. The van der Waals surface area contributed by atoms with E-state index in [9.17, 15) is 4.79 Å². The van der Waals surface area contributed by atoms with Gasteiger partial charge in [-0.05, 0) is 67.3 Å². The van der Waals surface area contributed by atoms with Crippen LogP contribution in [0.15, 0.2) is 66.7 Å². The van der Waals surface area contributed by atoms with E-state index in [0.29, 0.717) is 6.42 Å². The molecule has 2 aliphatic rings. The van der Waals surface area contributed by atoms with Gasteiger partial charge in [-0.2, -0.15) is 0 Å². The van der Waals surface area contributed by atoms with Crippen LogP contribution in [0.5, 0.6) is 5.75 Å². The van der Waals surface area contributed by atoms with Gasteiger partial charge in [-0.25, -0.2) is 0 Å². The van der Waals surface area contributed by atoms with Crippen LogP contribution < -0.4 is 9.64 Å². The number of ether oxygens (including phenoxy) is 1. The summed E-state index contributed by atoms with van der Waals surface area (Å²) in [5.74, 6) is 0.317. The summed E-state index contributed by atoms with van der Waals surface area (Å²) in [6.07, 6.45) is 25.3. The molecule has 0 bridgehead atoms. The molecule has 3 aromatic carbocycles. The second kappa shape index (κ2) is 15.8. The Morgan fingerprint density at radius 3 is 1.89 bits per heavy atom. The highest BCUT2D eigenvalue weighted by Gasteiger charge is 2.58. The van der Waals surface area contributed by atoms with Crippen LogP contribution in [0.2, 0.25) is 0 Å². The molecule has 0 radical (unpaired) electrons. The highest BCUT2D eigenvalue weighted by Crippen LogP contribution is 2.55. The second-order valence-corrected chi connectivity index (χ2v) is 13.9. The smallest absolute Gasteiger partial charge is 0.303 e. The molecule has 1 N–H and O–H groups in total. The van der Waals surface area contributed by atoms with Crippen LogP contribution in [-0.4, -0.2) is 23.3 Å². The van der Waals surface area contributed by atoms with Crippen molar-refractivity contribution in [2.75, 3.05) is 11.4 Å². The van der Waals surface area contributed by atoms with Gasteiger partial charge in [0.15, 0.2) is 0 Å². The maximum absolute atomic E-state index is 10.6. The van der Waals surface area contributed by atoms with E-state index >= 15 is 0 Å². The van der Waals surface area contributed by atoms with E-state index in [-0.39, 0.29) is 5.41 Å². The molecule has 45 heavy (non-hydrogen) atoms. The normalized spacial score (nSPS) is 17.9. The van der Waals surface area contributed by atoms with Crippen LogP contribution in [0, 0.1) is 0 Å². The molecule has 0 aliphatic carbocycles. The monoisotopic (exact) mass is 609 g/mol. The number of unbranched alkanes of at least 4 members (excludes halogenated alkanes) is 15. The Kier molecular flexibility index (Phi) is 11.6. The highest BCUT2D eigenvalue weighted by atomic mass is 16.5. The van der Waals surface area contributed by atoms with Crippen molar-refractivity contribution in [2.45, 2.75) is 134 Å². The number of para-hydroxylation sites is 1. The molecule has 2 aliphatic heterocycles. The zero-order valence-corrected chi connectivity index (χ0v) is 27.9. The lowest BCUT2D eigenvalue weighted by Gasteiger charge is -2.47. The molecule has 0 saturated heterocycles. The van der Waals surface area contributed by atoms with Crippen LogP contribution >= 0.6 is 0 Å². The number of rotatable bonds is 19. The SMILES string of the molecule is CC1(C)c2ccccc2N(CCCCCCCCCCCCCCCCCCC(=O)O)C12C=Cc1c(ccc3ccccc13)O2. The number of carboxylic acids is 1. The van der Waals surface area contributed by atoms with Gasteiger partial charge in [0.05, 0.1) is 5.41 Å². The Labute approximate surface area is 271 Å². The first-order chi connectivity index (χ1) is 21.9. The third-order valence-electron chi connectivity index (χ3n) is 10.4. The molecule has 2 heterocycles.